The molecular weight excluding hydrogens is 276 g/mol. The molecule has 2 rings (SSSR count). The Balaban J connectivity index is 1.87. The SMILES string of the molecule is C#CCNC(=NCc1ccc(OC2CCCC2)nc1)NCC. The van der Waals surface area contributed by atoms with Crippen molar-refractivity contribution in [1.82, 2.24) is 15.6 Å². The molecule has 0 radical (unpaired) electrons. The molecule has 2 N–H and O–H groups in total. The number of aromatic nitrogens is 1. The molecule has 0 amide bonds. The first-order valence-electron chi connectivity index (χ1n) is 7.89. The van der Waals surface area contributed by atoms with Gasteiger partial charge >= 0.3 is 0 Å². The molecule has 1 heterocycles. The second kappa shape index (κ2) is 8.93. The van der Waals surface area contributed by atoms with Crippen molar-refractivity contribution in [3.8, 4) is 18.2 Å². The molecule has 0 bridgehead atoms. The molecule has 1 aliphatic carbocycles. The fraction of sp³-hybridized carbons (Fsp3) is 0.529. The van der Waals surface area contributed by atoms with Crippen LogP contribution in [0.4, 0.5) is 0 Å². The summed E-state index contributed by atoms with van der Waals surface area (Å²) in [5, 5.41) is 6.20. The van der Waals surface area contributed by atoms with Gasteiger partial charge in [0.1, 0.15) is 6.10 Å². The molecule has 22 heavy (non-hydrogen) atoms. The average Bonchev–Trinajstić information content (AvgIpc) is 3.04. The van der Waals surface area contributed by atoms with E-state index in [9.17, 15) is 0 Å². The zero-order chi connectivity index (χ0) is 15.6. The molecule has 118 valence electrons. The molecule has 5 heteroatoms. The largest absolute Gasteiger partial charge is 0.474 e. The first kappa shape index (κ1) is 16.2. The van der Waals surface area contributed by atoms with E-state index in [1.807, 2.05) is 25.3 Å². The molecule has 5 nitrogen and oxygen atoms in total. The van der Waals surface area contributed by atoms with Crippen LogP contribution in [0, 0.1) is 12.3 Å². The molecule has 0 atom stereocenters. The zero-order valence-electron chi connectivity index (χ0n) is 13.1. The fourth-order valence-electron chi connectivity index (χ4n) is 2.40. The van der Waals surface area contributed by atoms with Crippen molar-refractivity contribution >= 4 is 5.96 Å². The second-order valence-electron chi connectivity index (χ2n) is 5.28. The normalized spacial score (nSPS) is 15.4. The summed E-state index contributed by atoms with van der Waals surface area (Å²) < 4.78 is 5.85. The van der Waals surface area contributed by atoms with Crippen molar-refractivity contribution < 1.29 is 4.74 Å². The van der Waals surface area contributed by atoms with Gasteiger partial charge in [-0.25, -0.2) is 9.98 Å². The highest BCUT2D eigenvalue weighted by molar-refractivity contribution is 5.79. The number of nitrogens with zero attached hydrogens (tertiary/aromatic N) is 2. The minimum atomic E-state index is 0.338. The van der Waals surface area contributed by atoms with Gasteiger partial charge in [-0.15, -0.1) is 6.42 Å². The van der Waals surface area contributed by atoms with E-state index in [1.54, 1.807) is 0 Å². The third-order valence-corrected chi connectivity index (χ3v) is 3.51. The van der Waals surface area contributed by atoms with Crippen molar-refractivity contribution in [1.29, 1.82) is 0 Å². The van der Waals surface area contributed by atoms with Gasteiger partial charge in [-0.2, -0.15) is 0 Å². The Morgan fingerprint density at radius 2 is 2.23 bits per heavy atom. The van der Waals surface area contributed by atoms with Gasteiger partial charge < -0.3 is 15.4 Å². The number of hydrogen-bond acceptors (Lipinski definition) is 3. The van der Waals surface area contributed by atoms with Crippen LogP contribution in [0.1, 0.15) is 38.2 Å². The van der Waals surface area contributed by atoms with Crippen LogP contribution in [-0.4, -0.2) is 30.1 Å². The quantitative estimate of drug-likeness (QED) is 0.480. The fourth-order valence-corrected chi connectivity index (χ4v) is 2.40. The van der Waals surface area contributed by atoms with Gasteiger partial charge in [-0.3, -0.25) is 0 Å². The lowest BCUT2D eigenvalue weighted by Crippen LogP contribution is -2.37. The highest BCUT2D eigenvalue weighted by Gasteiger charge is 2.16. The number of guanidine groups is 1. The third kappa shape index (κ3) is 5.28. The number of aliphatic imine (C=N–C) groups is 1. The summed E-state index contributed by atoms with van der Waals surface area (Å²) in [5.74, 6) is 3.96. The molecule has 1 aromatic rings. The van der Waals surface area contributed by atoms with Gasteiger partial charge in [0.2, 0.25) is 5.88 Å². The average molecular weight is 300 g/mol. The molecule has 0 unspecified atom stereocenters. The molecule has 0 spiro atoms. The summed E-state index contributed by atoms with van der Waals surface area (Å²) in [4.78, 5) is 8.84. The van der Waals surface area contributed by atoms with Crippen LogP contribution in [0.3, 0.4) is 0 Å². The van der Waals surface area contributed by atoms with Crippen molar-refractivity contribution in [2.24, 2.45) is 4.99 Å². The molecule has 0 aromatic carbocycles. The van der Waals surface area contributed by atoms with Crippen LogP contribution in [0.2, 0.25) is 0 Å². The van der Waals surface area contributed by atoms with Crippen LogP contribution in [0.25, 0.3) is 0 Å². The Hall–Kier alpha value is -2.22. The number of terminal acetylenes is 1. The Kier molecular flexibility index (Phi) is 6.56. The standard InChI is InChI=1S/C17H24N4O/c1-3-11-19-17(18-4-2)21-13-14-9-10-16(20-12-14)22-15-7-5-6-8-15/h1,9-10,12,15H,4-8,11,13H2,2H3,(H2,18,19,21). The van der Waals surface area contributed by atoms with E-state index in [4.69, 9.17) is 11.2 Å². The summed E-state index contributed by atoms with van der Waals surface area (Å²) in [7, 11) is 0. The van der Waals surface area contributed by atoms with Crippen molar-refractivity contribution in [3.05, 3.63) is 23.9 Å². The lowest BCUT2D eigenvalue weighted by Gasteiger charge is -2.12. The van der Waals surface area contributed by atoms with Gasteiger partial charge in [0.15, 0.2) is 5.96 Å². The predicted octanol–water partition coefficient (Wildman–Crippen LogP) is 2.09. The topological polar surface area (TPSA) is 58.5 Å². The summed E-state index contributed by atoms with van der Waals surface area (Å²) in [6.07, 6.45) is 12.2. The maximum absolute atomic E-state index is 5.85. The van der Waals surface area contributed by atoms with Gasteiger partial charge in [0, 0.05) is 18.8 Å². The number of nitrogens with one attached hydrogen (secondary N) is 2. The third-order valence-electron chi connectivity index (χ3n) is 3.51. The first-order valence-corrected chi connectivity index (χ1v) is 7.89. The Bertz CT molecular complexity index is 512. The zero-order valence-corrected chi connectivity index (χ0v) is 13.1. The van der Waals surface area contributed by atoms with E-state index in [1.165, 1.54) is 12.8 Å². The monoisotopic (exact) mass is 300 g/mol. The number of ether oxygens (including phenoxy) is 1. The van der Waals surface area contributed by atoms with Crippen molar-refractivity contribution in [3.63, 3.8) is 0 Å². The van der Waals surface area contributed by atoms with E-state index in [-0.39, 0.29) is 0 Å². The minimum absolute atomic E-state index is 0.338. The van der Waals surface area contributed by atoms with E-state index in [2.05, 4.69) is 26.5 Å². The van der Waals surface area contributed by atoms with E-state index < -0.39 is 0 Å². The Labute approximate surface area is 132 Å². The maximum Gasteiger partial charge on any atom is 0.213 e. The number of rotatable bonds is 6. The maximum atomic E-state index is 5.85. The van der Waals surface area contributed by atoms with Gasteiger partial charge in [-0.1, -0.05) is 12.0 Å². The van der Waals surface area contributed by atoms with E-state index in [0.717, 1.165) is 24.9 Å². The van der Waals surface area contributed by atoms with Crippen LogP contribution < -0.4 is 15.4 Å². The van der Waals surface area contributed by atoms with Crippen LogP contribution in [0.15, 0.2) is 23.3 Å². The molecular formula is C17H24N4O. The summed E-state index contributed by atoms with van der Waals surface area (Å²) in [6, 6.07) is 3.93. The Morgan fingerprint density at radius 3 is 2.86 bits per heavy atom. The van der Waals surface area contributed by atoms with Crippen LogP contribution in [-0.2, 0) is 6.54 Å². The van der Waals surface area contributed by atoms with Crippen molar-refractivity contribution in [2.75, 3.05) is 13.1 Å². The van der Waals surface area contributed by atoms with Crippen molar-refractivity contribution in [2.45, 2.75) is 45.3 Å². The molecule has 1 fully saturated rings. The van der Waals surface area contributed by atoms with E-state index >= 15 is 0 Å². The molecule has 0 saturated heterocycles. The number of pyridine rings is 1. The lowest BCUT2D eigenvalue weighted by molar-refractivity contribution is 0.201. The van der Waals surface area contributed by atoms with Gasteiger partial charge in [-0.05, 0) is 38.2 Å². The number of hydrogen-bond donors (Lipinski definition) is 2. The predicted molar refractivity (Wildman–Crippen MR) is 88.8 cm³/mol. The molecule has 1 aliphatic rings. The molecule has 0 aliphatic heterocycles. The summed E-state index contributed by atoms with van der Waals surface area (Å²) >= 11 is 0. The molecule has 1 aromatic heterocycles. The molecule has 1 saturated carbocycles. The summed E-state index contributed by atoms with van der Waals surface area (Å²) in [5.41, 5.74) is 1.04. The van der Waals surface area contributed by atoms with E-state index in [0.29, 0.717) is 31.0 Å². The second-order valence-corrected chi connectivity index (χ2v) is 5.28. The van der Waals surface area contributed by atoms with Crippen LogP contribution >= 0.6 is 0 Å². The summed E-state index contributed by atoms with van der Waals surface area (Å²) in [6.45, 7) is 3.82. The highest BCUT2D eigenvalue weighted by Crippen LogP contribution is 2.22. The Morgan fingerprint density at radius 1 is 1.41 bits per heavy atom. The first-order chi connectivity index (χ1) is 10.8. The smallest absolute Gasteiger partial charge is 0.213 e. The highest BCUT2D eigenvalue weighted by atomic mass is 16.5. The lowest BCUT2D eigenvalue weighted by atomic mass is 10.3. The van der Waals surface area contributed by atoms with Gasteiger partial charge in [0.05, 0.1) is 13.1 Å². The van der Waals surface area contributed by atoms with Crippen LogP contribution in [0.5, 0.6) is 5.88 Å². The minimum Gasteiger partial charge on any atom is -0.474 e. The van der Waals surface area contributed by atoms with Gasteiger partial charge in [0.25, 0.3) is 0 Å².